The monoisotopic (exact) mass is 424 g/mol. The van der Waals surface area contributed by atoms with Gasteiger partial charge in [-0.1, -0.05) is 0 Å². The summed E-state index contributed by atoms with van der Waals surface area (Å²) in [6.45, 7) is 9.39. The van der Waals surface area contributed by atoms with E-state index in [1.54, 1.807) is 13.2 Å². The molecule has 4 rings (SSSR count). The average Bonchev–Trinajstić information content (AvgIpc) is 2.78. The van der Waals surface area contributed by atoms with Gasteiger partial charge in [0, 0.05) is 22.6 Å². The Labute approximate surface area is 182 Å². The van der Waals surface area contributed by atoms with E-state index in [2.05, 4.69) is 30.4 Å². The van der Waals surface area contributed by atoms with Crippen molar-refractivity contribution >= 4 is 11.0 Å². The molecule has 0 aliphatic carbocycles. The first-order valence-corrected chi connectivity index (χ1v) is 11.0. The van der Waals surface area contributed by atoms with Gasteiger partial charge in [0.05, 0.1) is 20.3 Å². The van der Waals surface area contributed by atoms with Gasteiger partial charge < -0.3 is 24.1 Å². The van der Waals surface area contributed by atoms with Gasteiger partial charge in [-0.25, -0.2) is 4.79 Å². The largest absolute Gasteiger partial charge is 0.497 e. The zero-order valence-electron chi connectivity index (χ0n) is 18.6. The average molecular weight is 425 g/mol. The van der Waals surface area contributed by atoms with E-state index in [1.165, 1.54) is 16.0 Å². The topological polar surface area (TPSA) is 69.7 Å². The number of morpholine rings is 1. The molecule has 1 aromatic heterocycles. The van der Waals surface area contributed by atoms with E-state index in [0.29, 0.717) is 11.6 Å². The molecule has 1 aliphatic rings. The number of fused-ring (bicyclic) bond motifs is 1. The van der Waals surface area contributed by atoms with Crippen LogP contribution in [0.1, 0.15) is 28.3 Å². The number of methoxy groups -OCH3 is 1. The molecule has 0 radical (unpaired) electrons. The molecule has 31 heavy (non-hydrogen) atoms. The molecule has 0 unspecified atom stereocenters. The fourth-order valence-corrected chi connectivity index (χ4v) is 4.41. The summed E-state index contributed by atoms with van der Waals surface area (Å²) in [5.74, 6) is 0.872. The van der Waals surface area contributed by atoms with Crippen LogP contribution < -0.4 is 20.6 Å². The molecule has 2 aromatic carbocycles. The zero-order chi connectivity index (χ0) is 21.8. The summed E-state index contributed by atoms with van der Waals surface area (Å²) in [7, 11) is 1.69. The summed E-state index contributed by atoms with van der Waals surface area (Å²) in [5.41, 5.74) is 5.05. The minimum atomic E-state index is -0.287. The maximum atomic E-state index is 12.1. The highest BCUT2D eigenvalue weighted by Gasteiger charge is 2.28. The molecule has 164 valence electrons. The van der Waals surface area contributed by atoms with Crippen LogP contribution in [0.15, 0.2) is 51.7 Å². The molecule has 0 saturated carbocycles. The number of nitrogens with one attached hydrogen (secondary N) is 1. The smallest absolute Gasteiger partial charge is 0.336 e. The van der Waals surface area contributed by atoms with Crippen LogP contribution in [0, 0.1) is 13.8 Å². The third kappa shape index (κ3) is 4.98. The lowest BCUT2D eigenvalue weighted by Gasteiger charge is -2.31. The van der Waals surface area contributed by atoms with Crippen molar-refractivity contribution in [1.82, 2.24) is 0 Å². The Morgan fingerprint density at radius 3 is 2.48 bits per heavy atom. The molecule has 2 heterocycles. The minimum absolute atomic E-state index is 0.287. The molecule has 6 nitrogen and oxygen atoms in total. The van der Waals surface area contributed by atoms with Crippen molar-refractivity contribution in [1.29, 1.82) is 0 Å². The van der Waals surface area contributed by atoms with Gasteiger partial charge in [0.2, 0.25) is 0 Å². The summed E-state index contributed by atoms with van der Waals surface area (Å²) in [4.78, 5) is 13.7. The summed E-state index contributed by atoms with van der Waals surface area (Å²) in [5, 5.41) is 3.33. The van der Waals surface area contributed by atoms with E-state index in [0.717, 1.165) is 61.7 Å². The maximum Gasteiger partial charge on any atom is 0.336 e. The molecule has 6 heteroatoms. The number of hydrogen-bond donors (Lipinski definition) is 2. The summed E-state index contributed by atoms with van der Waals surface area (Å²) < 4.78 is 16.4. The predicted molar refractivity (Wildman–Crippen MR) is 120 cm³/mol. The number of hydrogen-bond acceptors (Lipinski definition) is 4. The quantitative estimate of drug-likeness (QED) is 0.558. The molecular weight excluding hydrogens is 392 g/mol. The third-order valence-electron chi connectivity index (χ3n) is 6.36. The maximum absolute atomic E-state index is 12.1. The number of quaternary nitrogens is 2. The van der Waals surface area contributed by atoms with E-state index >= 15 is 0 Å². The molecule has 1 aliphatic heterocycles. The normalized spacial score (nSPS) is 15.8. The Morgan fingerprint density at radius 1 is 1.06 bits per heavy atom. The van der Waals surface area contributed by atoms with Gasteiger partial charge in [0.1, 0.15) is 37.5 Å². The predicted octanol–water partition coefficient (Wildman–Crippen LogP) is 1.14. The van der Waals surface area contributed by atoms with Crippen LogP contribution in [0.4, 0.5) is 0 Å². The van der Waals surface area contributed by atoms with E-state index < -0.39 is 0 Å². The van der Waals surface area contributed by atoms with Crippen molar-refractivity contribution in [3.63, 3.8) is 0 Å². The second-order valence-corrected chi connectivity index (χ2v) is 8.35. The van der Waals surface area contributed by atoms with Crippen molar-refractivity contribution in [2.24, 2.45) is 0 Å². The minimum Gasteiger partial charge on any atom is -0.497 e. The second kappa shape index (κ2) is 9.64. The Hall–Kier alpha value is -2.67. The SMILES string of the molecule is COc1ccc([C@@H](C[NH2+]Cc2cc(=O)oc3cc(C)c(C)cc23)[NH+]2CCOCC2)cc1. The number of ether oxygens (including phenoxy) is 2. The van der Waals surface area contributed by atoms with E-state index in [9.17, 15) is 4.79 Å². The van der Waals surface area contributed by atoms with Crippen LogP contribution in [0.5, 0.6) is 5.75 Å². The third-order valence-corrected chi connectivity index (χ3v) is 6.36. The van der Waals surface area contributed by atoms with Crippen LogP contribution in [-0.2, 0) is 11.3 Å². The molecular formula is C25H32N2O4+2. The van der Waals surface area contributed by atoms with Crippen LogP contribution >= 0.6 is 0 Å². The van der Waals surface area contributed by atoms with Gasteiger partial charge in [-0.15, -0.1) is 0 Å². The Balaban J connectivity index is 1.54. The number of nitrogens with two attached hydrogens (primary N) is 1. The first kappa shape index (κ1) is 21.6. The molecule has 3 aromatic rings. The van der Waals surface area contributed by atoms with Gasteiger partial charge in [-0.3, -0.25) is 0 Å². The highest BCUT2D eigenvalue weighted by molar-refractivity contribution is 5.81. The van der Waals surface area contributed by atoms with Crippen LogP contribution in [0.3, 0.4) is 0 Å². The molecule has 3 N–H and O–H groups in total. The van der Waals surface area contributed by atoms with Crippen molar-refractivity contribution in [2.45, 2.75) is 26.4 Å². The van der Waals surface area contributed by atoms with Crippen LogP contribution in [-0.4, -0.2) is 40.0 Å². The lowest BCUT2D eigenvalue weighted by Crippen LogP contribution is -3.16. The van der Waals surface area contributed by atoms with Crippen molar-refractivity contribution in [2.75, 3.05) is 40.0 Å². The lowest BCUT2D eigenvalue weighted by molar-refractivity contribution is -0.952. The van der Waals surface area contributed by atoms with Crippen molar-refractivity contribution in [3.05, 3.63) is 75.1 Å². The number of aryl methyl sites for hydroxylation is 2. The summed E-state index contributed by atoms with van der Waals surface area (Å²) >= 11 is 0. The van der Waals surface area contributed by atoms with Gasteiger partial charge in [-0.2, -0.15) is 0 Å². The standard InChI is InChI=1S/C25H30N2O4/c1-17-12-22-20(14-25(28)31-24(22)13-18(17)2)15-26-16-23(27-8-10-30-11-9-27)19-4-6-21(29-3)7-5-19/h4-7,12-14,23,26H,8-11,15-16H2,1-3H3/p+2/t23-/m1/s1. The van der Waals surface area contributed by atoms with E-state index in [4.69, 9.17) is 13.9 Å². The van der Waals surface area contributed by atoms with Crippen LogP contribution in [0.2, 0.25) is 0 Å². The fraction of sp³-hybridized carbons (Fsp3) is 0.400. The van der Waals surface area contributed by atoms with Crippen molar-refractivity contribution < 1.29 is 24.1 Å². The van der Waals surface area contributed by atoms with Gasteiger partial charge in [-0.05, 0) is 61.4 Å². The Morgan fingerprint density at radius 2 is 1.77 bits per heavy atom. The van der Waals surface area contributed by atoms with E-state index in [1.807, 2.05) is 25.1 Å². The lowest BCUT2D eigenvalue weighted by atomic mass is 10.0. The highest BCUT2D eigenvalue weighted by atomic mass is 16.5. The molecule has 0 amide bonds. The Bertz CT molecular complexity index is 1090. The number of rotatable bonds is 7. The first-order chi connectivity index (χ1) is 15.0. The fourth-order valence-electron chi connectivity index (χ4n) is 4.41. The van der Waals surface area contributed by atoms with Gasteiger partial charge in [0.15, 0.2) is 6.04 Å². The van der Waals surface area contributed by atoms with Crippen LogP contribution in [0.25, 0.3) is 11.0 Å². The summed E-state index contributed by atoms with van der Waals surface area (Å²) in [6.07, 6.45) is 0. The first-order valence-electron chi connectivity index (χ1n) is 11.0. The zero-order valence-corrected chi connectivity index (χ0v) is 18.6. The second-order valence-electron chi connectivity index (χ2n) is 8.35. The molecule has 1 atom stereocenters. The van der Waals surface area contributed by atoms with E-state index in [-0.39, 0.29) is 5.63 Å². The molecule has 1 saturated heterocycles. The Kier molecular flexibility index (Phi) is 6.70. The number of benzene rings is 2. The van der Waals surface area contributed by atoms with Crippen molar-refractivity contribution in [3.8, 4) is 5.75 Å². The van der Waals surface area contributed by atoms with Gasteiger partial charge >= 0.3 is 5.63 Å². The summed E-state index contributed by atoms with van der Waals surface area (Å²) in [6, 6.07) is 14.5. The van der Waals surface area contributed by atoms with Gasteiger partial charge in [0.25, 0.3) is 0 Å². The highest BCUT2D eigenvalue weighted by Crippen LogP contribution is 2.21. The molecule has 0 spiro atoms. The molecule has 0 bridgehead atoms. The molecule has 1 fully saturated rings.